The van der Waals surface area contributed by atoms with Crippen molar-refractivity contribution in [2.45, 2.75) is 52.2 Å². The van der Waals surface area contributed by atoms with Gasteiger partial charge in [-0.2, -0.15) is 5.26 Å². The van der Waals surface area contributed by atoms with Crippen LogP contribution in [0.3, 0.4) is 0 Å². The van der Waals surface area contributed by atoms with Crippen LogP contribution in [-0.2, 0) is 6.42 Å². The molecule has 1 aromatic heterocycles. The lowest BCUT2D eigenvalue weighted by molar-refractivity contribution is 0.0370. The van der Waals surface area contributed by atoms with E-state index in [-0.39, 0.29) is 18.1 Å². The highest BCUT2D eigenvalue weighted by Crippen LogP contribution is 2.26. The summed E-state index contributed by atoms with van der Waals surface area (Å²) in [6.07, 6.45) is 4.03. The quantitative estimate of drug-likeness (QED) is 0.826. The normalized spacial score (nSPS) is 19.4. The number of rotatable bonds is 4. The topological polar surface area (TPSA) is 66.2 Å². The maximum atomic E-state index is 13.2. The molecule has 1 aromatic carbocycles. The van der Waals surface area contributed by atoms with Gasteiger partial charge in [0.15, 0.2) is 0 Å². The van der Waals surface area contributed by atoms with Gasteiger partial charge in [0, 0.05) is 23.4 Å². The molecule has 2 aromatic rings. The van der Waals surface area contributed by atoms with Crippen molar-refractivity contribution in [2.75, 3.05) is 6.54 Å². The van der Waals surface area contributed by atoms with Gasteiger partial charge in [-0.05, 0) is 50.8 Å². The predicted molar refractivity (Wildman–Crippen MR) is 104 cm³/mol. The zero-order chi connectivity index (χ0) is 19.4. The maximum Gasteiger partial charge on any atom is 0.254 e. The van der Waals surface area contributed by atoms with Crippen molar-refractivity contribution in [1.82, 2.24) is 9.88 Å². The Hall–Kier alpha value is -2.87. The third-order valence-corrected chi connectivity index (χ3v) is 5.28. The van der Waals surface area contributed by atoms with E-state index in [4.69, 9.17) is 4.74 Å². The Labute approximate surface area is 160 Å². The van der Waals surface area contributed by atoms with Gasteiger partial charge < -0.3 is 9.64 Å². The first kappa shape index (κ1) is 18.9. The second kappa shape index (κ2) is 8.22. The highest BCUT2D eigenvalue weighted by Gasteiger charge is 2.31. The van der Waals surface area contributed by atoms with Gasteiger partial charge in [-0.15, -0.1) is 0 Å². The molecule has 3 rings (SSSR count). The molecule has 27 heavy (non-hydrogen) atoms. The number of pyridine rings is 1. The lowest BCUT2D eigenvalue weighted by atomic mass is 9.98. The molecule has 1 fully saturated rings. The molecule has 1 aliphatic heterocycles. The van der Waals surface area contributed by atoms with Crippen molar-refractivity contribution in [1.29, 1.82) is 5.26 Å². The number of aromatic nitrogens is 1. The average molecular weight is 363 g/mol. The van der Waals surface area contributed by atoms with E-state index in [9.17, 15) is 10.1 Å². The van der Waals surface area contributed by atoms with Gasteiger partial charge in [0.25, 0.3) is 5.91 Å². The number of hydrogen-bond donors (Lipinski definition) is 0. The van der Waals surface area contributed by atoms with Crippen molar-refractivity contribution in [2.24, 2.45) is 0 Å². The Morgan fingerprint density at radius 1 is 1.33 bits per heavy atom. The monoisotopic (exact) mass is 363 g/mol. The van der Waals surface area contributed by atoms with E-state index in [1.165, 1.54) is 0 Å². The Kier molecular flexibility index (Phi) is 5.75. The number of amides is 1. The van der Waals surface area contributed by atoms with Crippen LogP contribution in [0.1, 0.15) is 53.7 Å². The molecular weight excluding hydrogens is 338 g/mol. The molecule has 5 nitrogen and oxygen atoms in total. The zero-order valence-corrected chi connectivity index (χ0v) is 16.1. The zero-order valence-electron chi connectivity index (χ0n) is 16.1. The summed E-state index contributed by atoms with van der Waals surface area (Å²) < 4.78 is 6.09. The van der Waals surface area contributed by atoms with Crippen molar-refractivity contribution < 1.29 is 9.53 Å². The number of aryl methyl sites for hydroxylation is 1. The molecule has 0 saturated carbocycles. The second-order valence-electron chi connectivity index (χ2n) is 7.03. The number of nitrogens with zero attached hydrogens (tertiary/aromatic N) is 3. The van der Waals surface area contributed by atoms with Crippen LogP contribution in [0.15, 0.2) is 36.5 Å². The van der Waals surface area contributed by atoms with Gasteiger partial charge in [-0.1, -0.05) is 25.1 Å². The number of piperidine rings is 1. The fourth-order valence-electron chi connectivity index (χ4n) is 3.56. The Balaban J connectivity index is 1.79. The molecule has 0 bridgehead atoms. The fraction of sp³-hybridized carbons (Fsp3) is 0.409. The molecule has 0 spiro atoms. The molecule has 140 valence electrons. The molecule has 2 atom stereocenters. The van der Waals surface area contributed by atoms with Crippen LogP contribution < -0.4 is 4.74 Å². The number of nitriles is 1. The Morgan fingerprint density at radius 3 is 2.85 bits per heavy atom. The number of carbonyl (C=O) groups is 1. The third-order valence-electron chi connectivity index (χ3n) is 5.28. The van der Waals surface area contributed by atoms with E-state index in [2.05, 4.69) is 24.9 Å². The molecule has 0 radical (unpaired) electrons. The van der Waals surface area contributed by atoms with Crippen molar-refractivity contribution in [3.8, 4) is 11.9 Å². The minimum atomic E-state index is -0.126. The van der Waals surface area contributed by atoms with E-state index in [1.54, 1.807) is 12.3 Å². The molecule has 2 heterocycles. The number of carbonyl (C=O) groups excluding carboxylic acids is 1. The average Bonchev–Trinajstić information content (AvgIpc) is 2.70. The van der Waals surface area contributed by atoms with Gasteiger partial charge in [-0.25, -0.2) is 4.98 Å². The number of hydrogen-bond acceptors (Lipinski definition) is 4. The first-order valence-electron chi connectivity index (χ1n) is 9.46. The summed E-state index contributed by atoms with van der Waals surface area (Å²) in [5.74, 6) is 0.540. The van der Waals surface area contributed by atoms with E-state index in [1.807, 2.05) is 36.1 Å². The predicted octanol–water partition coefficient (Wildman–Crippen LogP) is 3.90. The Bertz CT molecular complexity index is 872. The van der Waals surface area contributed by atoms with Crippen LogP contribution in [0.4, 0.5) is 0 Å². The van der Waals surface area contributed by atoms with E-state index < -0.39 is 0 Å². The van der Waals surface area contributed by atoms with Gasteiger partial charge in [0.2, 0.25) is 5.88 Å². The molecule has 1 aliphatic rings. The lowest BCUT2D eigenvalue weighted by Crippen LogP contribution is -2.49. The molecule has 1 saturated heterocycles. The van der Waals surface area contributed by atoms with Crippen LogP contribution in [0.2, 0.25) is 0 Å². The van der Waals surface area contributed by atoms with Gasteiger partial charge in [0.05, 0.1) is 18.2 Å². The number of benzene rings is 1. The number of likely N-dealkylation sites (tertiary alicyclic amines) is 1. The summed E-state index contributed by atoms with van der Waals surface area (Å²) in [5, 5.41) is 9.19. The highest BCUT2D eigenvalue weighted by molar-refractivity contribution is 5.96. The summed E-state index contributed by atoms with van der Waals surface area (Å²) in [5.41, 5.74) is 3.15. The molecular formula is C22H25N3O2. The highest BCUT2D eigenvalue weighted by atomic mass is 16.5. The smallest absolute Gasteiger partial charge is 0.254 e. The first-order valence-corrected chi connectivity index (χ1v) is 9.46. The van der Waals surface area contributed by atoms with Crippen LogP contribution in [0, 0.1) is 18.3 Å². The van der Waals surface area contributed by atoms with Gasteiger partial charge in [0.1, 0.15) is 6.10 Å². The van der Waals surface area contributed by atoms with Gasteiger partial charge in [-0.3, -0.25) is 4.79 Å². The van der Waals surface area contributed by atoms with Crippen LogP contribution in [-0.4, -0.2) is 34.5 Å². The van der Waals surface area contributed by atoms with E-state index >= 15 is 0 Å². The molecule has 0 unspecified atom stereocenters. The van der Waals surface area contributed by atoms with E-state index in [0.29, 0.717) is 18.0 Å². The van der Waals surface area contributed by atoms with Crippen LogP contribution in [0.5, 0.6) is 5.88 Å². The summed E-state index contributed by atoms with van der Waals surface area (Å²) in [6.45, 7) is 6.51. The summed E-state index contributed by atoms with van der Waals surface area (Å²) in [7, 11) is 0. The third kappa shape index (κ3) is 3.95. The first-order chi connectivity index (χ1) is 13.0. The summed E-state index contributed by atoms with van der Waals surface area (Å²) in [4.78, 5) is 19.4. The Morgan fingerprint density at radius 2 is 2.11 bits per heavy atom. The standard InChI is InChI=1S/C22H25N3O2/c1-4-17-7-5-6-8-20(17)22(26)25-14-19(10-9-15(25)2)27-21-16(3)18(13-23)11-12-24-21/h5-8,11-12,15,19H,4,9-10,14H2,1-3H3/t15-,19-/m1/s1. The number of ether oxygens (including phenoxy) is 1. The summed E-state index contributed by atoms with van der Waals surface area (Å²) >= 11 is 0. The van der Waals surface area contributed by atoms with Crippen molar-refractivity contribution >= 4 is 5.91 Å². The van der Waals surface area contributed by atoms with Crippen LogP contribution in [0.25, 0.3) is 0 Å². The minimum Gasteiger partial charge on any atom is -0.472 e. The molecule has 0 N–H and O–H groups in total. The van der Waals surface area contributed by atoms with Gasteiger partial charge >= 0.3 is 0 Å². The van der Waals surface area contributed by atoms with Crippen LogP contribution >= 0.6 is 0 Å². The summed E-state index contributed by atoms with van der Waals surface area (Å²) in [6, 6.07) is 11.8. The largest absolute Gasteiger partial charge is 0.472 e. The molecule has 0 aliphatic carbocycles. The van der Waals surface area contributed by atoms with Crippen molar-refractivity contribution in [3.63, 3.8) is 0 Å². The molecule has 1 amide bonds. The lowest BCUT2D eigenvalue weighted by Gasteiger charge is -2.38. The maximum absolute atomic E-state index is 13.2. The molecule has 5 heteroatoms. The second-order valence-corrected chi connectivity index (χ2v) is 7.03. The SMILES string of the molecule is CCc1ccccc1C(=O)N1C[C@H](Oc2nccc(C#N)c2C)CC[C@H]1C. The minimum absolute atomic E-state index is 0.0590. The van der Waals surface area contributed by atoms with E-state index in [0.717, 1.165) is 36.0 Å². The van der Waals surface area contributed by atoms with Crippen molar-refractivity contribution in [3.05, 3.63) is 58.8 Å². The fourth-order valence-corrected chi connectivity index (χ4v) is 3.56.